The minimum atomic E-state index is -4.02. The van der Waals surface area contributed by atoms with Gasteiger partial charge in [0.2, 0.25) is 7.37 Å². The number of carbonyl (C=O) groups is 2. The van der Waals surface area contributed by atoms with E-state index in [0.29, 0.717) is 17.1 Å². The van der Waals surface area contributed by atoms with Crippen molar-refractivity contribution in [3.05, 3.63) is 96.1 Å². The normalized spacial score (nSPS) is 13.2. The third-order valence-corrected chi connectivity index (χ3v) is 7.30. The van der Waals surface area contributed by atoms with Crippen molar-refractivity contribution >= 4 is 19.4 Å². The molecule has 0 saturated carbocycles. The lowest BCUT2D eigenvalue weighted by Gasteiger charge is -2.24. The maximum Gasteiger partial charge on any atom is 0.408 e. The topological polar surface area (TPSA) is 111 Å². The summed E-state index contributed by atoms with van der Waals surface area (Å²) < 4.78 is 29.0. The number of nitrogens with one attached hydrogen (secondary N) is 1. The van der Waals surface area contributed by atoms with Crippen LogP contribution in [0.1, 0.15) is 24.0 Å². The quantitative estimate of drug-likeness (QED) is 0.267. The third-order valence-electron chi connectivity index (χ3n) is 5.12. The average molecular weight is 497 g/mol. The van der Waals surface area contributed by atoms with Crippen molar-refractivity contribution < 1.29 is 33.3 Å². The van der Waals surface area contributed by atoms with Crippen molar-refractivity contribution in [3.63, 3.8) is 0 Å². The van der Waals surface area contributed by atoms with Crippen LogP contribution in [-0.2, 0) is 31.6 Å². The Morgan fingerprint density at radius 3 is 2.23 bits per heavy atom. The third kappa shape index (κ3) is 8.59. The van der Waals surface area contributed by atoms with Crippen molar-refractivity contribution in [3.8, 4) is 11.5 Å². The number of alkyl carbamates (subject to hydrolysis) is 1. The van der Waals surface area contributed by atoms with E-state index in [4.69, 9.17) is 9.47 Å². The summed E-state index contributed by atoms with van der Waals surface area (Å²) in [7, 11) is -2.79. The fourth-order valence-corrected chi connectivity index (χ4v) is 5.12. The van der Waals surface area contributed by atoms with E-state index in [9.17, 15) is 19.0 Å². The molecule has 0 aliphatic carbocycles. The lowest BCUT2D eigenvalue weighted by molar-refractivity contribution is -0.140. The number of hydrogen-bond acceptors (Lipinski definition) is 6. The number of amides is 1. The molecule has 1 amide bonds. The molecular formula is C26H28NO7P. The molecule has 35 heavy (non-hydrogen) atoms. The molecule has 0 aliphatic rings. The van der Waals surface area contributed by atoms with E-state index in [-0.39, 0.29) is 25.6 Å². The zero-order chi connectivity index (χ0) is 25.1. The first-order valence-corrected chi connectivity index (χ1v) is 12.9. The Bertz CT molecular complexity index is 1150. The van der Waals surface area contributed by atoms with Crippen LogP contribution in [0.2, 0.25) is 0 Å². The largest absolute Gasteiger partial charge is 0.469 e. The number of methoxy groups -OCH3 is 1. The van der Waals surface area contributed by atoms with Crippen LogP contribution >= 0.6 is 7.37 Å². The lowest BCUT2D eigenvalue weighted by Crippen LogP contribution is -2.36. The highest BCUT2D eigenvalue weighted by Crippen LogP contribution is 2.50. The highest BCUT2D eigenvalue weighted by atomic mass is 31.2. The molecule has 8 nitrogen and oxygen atoms in total. The Kier molecular flexibility index (Phi) is 9.47. The molecule has 2 unspecified atom stereocenters. The van der Waals surface area contributed by atoms with Gasteiger partial charge in [-0.05, 0) is 41.8 Å². The molecule has 3 aromatic rings. The van der Waals surface area contributed by atoms with E-state index in [0.717, 1.165) is 5.56 Å². The molecule has 2 N–H and O–H groups in total. The van der Waals surface area contributed by atoms with Crippen molar-refractivity contribution in [1.82, 2.24) is 5.32 Å². The van der Waals surface area contributed by atoms with Crippen LogP contribution < -0.4 is 10.1 Å². The van der Waals surface area contributed by atoms with E-state index < -0.39 is 25.2 Å². The zero-order valence-electron chi connectivity index (χ0n) is 19.3. The minimum Gasteiger partial charge on any atom is -0.469 e. The van der Waals surface area contributed by atoms with Gasteiger partial charge in [-0.15, -0.1) is 0 Å². The fraction of sp³-hybridized carbons (Fsp3) is 0.231. The van der Waals surface area contributed by atoms with Crippen molar-refractivity contribution in [2.24, 2.45) is 0 Å². The number of esters is 1. The molecule has 0 heterocycles. The van der Waals surface area contributed by atoms with Gasteiger partial charge in [0.15, 0.2) is 0 Å². The monoisotopic (exact) mass is 497 g/mol. The number of carbonyl (C=O) groups excluding carboxylic acids is 2. The molecule has 0 aliphatic heterocycles. The standard InChI is InChI=1S/C26H28NO7P/c1-32-25(28)16-15-24(27-26(29)33-18-20-9-4-2-5-10-20)35(30,31)19-21-11-8-14-23(17-21)34-22-12-6-3-7-13-22/h2-14,17,24H,15-16,18-19H2,1H3,(H,27,29)(H,30,31). The molecule has 0 spiro atoms. The molecule has 9 heteroatoms. The van der Waals surface area contributed by atoms with Crippen molar-refractivity contribution in [2.45, 2.75) is 31.4 Å². The Morgan fingerprint density at radius 1 is 0.914 bits per heavy atom. The van der Waals surface area contributed by atoms with Crippen LogP contribution in [0.5, 0.6) is 11.5 Å². The molecule has 3 aromatic carbocycles. The van der Waals surface area contributed by atoms with Gasteiger partial charge in [0.25, 0.3) is 0 Å². The number of para-hydroxylation sites is 1. The summed E-state index contributed by atoms with van der Waals surface area (Å²) in [4.78, 5) is 35.0. The van der Waals surface area contributed by atoms with Gasteiger partial charge in [0.1, 0.15) is 23.9 Å². The second-order valence-corrected chi connectivity index (χ2v) is 10.3. The van der Waals surface area contributed by atoms with Gasteiger partial charge in [-0.1, -0.05) is 60.7 Å². The van der Waals surface area contributed by atoms with E-state index in [1.54, 1.807) is 48.5 Å². The average Bonchev–Trinajstić information content (AvgIpc) is 2.86. The predicted molar refractivity (Wildman–Crippen MR) is 131 cm³/mol. The summed E-state index contributed by atoms with van der Waals surface area (Å²) in [5, 5.41) is 2.47. The van der Waals surface area contributed by atoms with E-state index in [1.165, 1.54) is 7.11 Å². The van der Waals surface area contributed by atoms with Gasteiger partial charge in [-0.3, -0.25) is 9.36 Å². The second-order valence-electron chi connectivity index (χ2n) is 7.81. The molecule has 0 radical (unpaired) electrons. The molecule has 2 atom stereocenters. The first-order chi connectivity index (χ1) is 16.9. The Morgan fingerprint density at radius 2 is 1.54 bits per heavy atom. The number of benzene rings is 3. The van der Waals surface area contributed by atoms with Crippen LogP contribution in [0.25, 0.3) is 0 Å². The smallest absolute Gasteiger partial charge is 0.408 e. The van der Waals surface area contributed by atoms with Gasteiger partial charge in [0.05, 0.1) is 13.3 Å². The second kappa shape index (κ2) is 12.7. The van der Waals surface area contributed by atoms with Gasteiger partial charge < -0.3 is 24.4 Å². The molecule has 3 rings (SSSR count). The minimum absolute atomic E-state index is 0.00496. The van der Waals surface area contributed by atoms with Gasteiger partial charge in [-0.25, -0.2) is 4.79 Å². The van der Waals surface area contributed by atoms with E-state index >= 15 is 0 Å². The first kappa shape index (κ1) is 26.0. The van der Waals surface area contributed by atoms with Crippen LogP contribution in [0.15, 0.2) is 84.9 Å². The highest BCUT2D eigenvalue weighted by molar-refractivity contribution is 7.57. The lowest BCUT2D eigenvalue weighted by atomic mass is 10.2. The molecular weight excluding hydrogens is 469 g/mol. The summed E-state index contributed by atoms with van der Waals surface area (Å²) in [5.74, 6) is -0.609. The molecule has 0 aromatic heterocycles. The number of hydrogen-bond donors (Lipinski definition) is 2. The highest BCUT2D eigenvalue weighted by Gasteiger charge is 2.33. The first-order valence-electron chi connectivity index (χ1n) is 11.0. The number of rotatable bonds is 11. The fourth-order valence-electron chi connectivity index (χ4n) is 3.34. The predicted octanol–water partition coefficient (Wildman–Crippen LogP) is 5.46. The van der Waals surface area contributed by atoms with Crippen LogP contribution in [0, 0.1) is 0 Å². The van der Waals surface area contributed by atoms with Crippen LogP contribution in [0.3, 0.4) is 0 Å². The summed E-state index contributed by atoms with van der Waals surface area (Å²) in [6, 6.07) is 25.1. The maximum atomic E-state index is 13.4. The number of ether oxygens (including phenoxy) is 3. The molecule has 0 bridgehead atoms. The van der Waals surface area contributed by atoms with Crippen molar-refractivity contribution in [2.75, 3.05) is 7.11 Å². The van der Waals surface area contributed by atoms with E-state index in [1.807, 2.05) is 36.4 Å². The Hall–Kier alpha value is -3.61. The summed E-state index contributed by atoms with van der Waals surface area (Å²) in [5.41, 5.74) is 1.32. The maximum absolute atomic E-state index is 13.4. The molecule has 0 saturated heterocycles. The van der Waals surface area contributed by atoms with Crippen molar-refractivity contribution in [1.29, 1.82) is 0 Å². The van der Waals surface area contributed by atoms with Gasteiger partial charge in [0, 0.05) is 6.42 Å². The summed E-state index contributed by atoms with van der Waals surface area (Å²) in [6.07, 6.45) is -1.30. The molecule has 0 fully saturated rings. The zero-order valence-corrected chi connectivity index (χ0v) is 20.2. The van der Waals surface area contributed by atoms with Gasteiger partial charge in [-0.2, -0.15) is 0 Å². The SMILES string of the molecule is COC(=O)CCC(NC(=O)OCc1ccccc1)P(=O)(O)Cc1cccc(Oc2ccccc2)c1. The summed E-state index contributed by atoms with van der Waals surface area (Å²) in [6.45, 7) is 0.00496. The Labute approximate surface area is 204 Å². The Balaban J connectivity index is 1.69. The van der Waals surface area contributed by atoms with Crippen LogP contribution in [-0.4, -0.2) is 29.8 Å². The summed E-state index contributed by atoms with van der Waals surface area (Å²) >= 11 is 0. The van der Waals surface area contributed by atoms with Crippen LogP contribution in [0.4, 0.5) is 4.79 Å². The van der Waals surface area contributed by atoms with E-state index in [2.05, 4.69) is 10.1 Å². The van der Waals surface area contributed by atoms with Gasteiger partial charge >= 0.3 is 12.1 Å². The molecule has 184 valence electrons.